The summed E-state index contributed by atoms with van der Waals surface area (Å²) >= 11 is 0. The van der Waals surface area contributed by atoms with Gasteiger partial charge >= 0.3 is 0 Å². The average Bonchev–Trinajstić information content (AvgIpc) is 3.28. The Hall–Kier alpha value is -2.73. The van der Waals surface area contributed by atoms with Crippen molar-refractivity contribution in [1.29, 1.82) is 0 Å². The largest absolute Gasteiger partial charge is 0.454 e. The number of amides is 1. The van der Waals surface area contributed by atoms with Crippen LogP contribution in [0, 0.1) is 0 Å². The maximum atomic E-state index is 12.9. The number of fused-ring (bicyclic) bond motifs is 2. The Balaban J connectivity index is 1.35. The van der Waals surface area contributed by atoms with Crippen LogP contribution < -0.4 is 19.7 Å². The fourth-order valence-corrected chi connectivity index (χ4v) is 5.03. The number of benzene rings is 2. The van der Waals surface area contributed by atoms with Crippen LogP contribution in [0.5, 0.6) is 11.5 Å². The summed E-state index contributed by atoms with van der Waals surface area (Å²) in [6, 6.07) is 12.5. The van der Waals surface area contributed by atoms with Crippen molar-refractivity contribution in [3.05, 3.63) is 53.1 Å². The summed E-state index contributed by atoms with van der Waals surface area (Å²) in [4.78, 5) is 17.8. The number of likely N-dealkylation sites (tertiary alicyclic amines) is 1. The molecule has 0 aliphatic carbocycles. The van der Waals surface area contributed by atoms with Crippen molar-refractivity contribution >= 4 is 11.6 Å². The first kappa shape index (κ1) is 20.2. The van der Waals surface area contributed by atoms with Gasteiger partial charge in [-0.25, -0.2) is 0 Å². The highest BCUT2D eigenvalue weighted by Gasteiger charge is 2.25. The number of anilines is 1. The maximum absolute atomic E-state index is 12.9. The van der Waals surface area contributed by atoms with Gasteiger partial charge in [-0.1, -0.05) is 18.6 Å². The Morgan fingerprint density at radius 1 is 1.00 bits per heavy atom. The van der Waals surface area contributed by atoms with E-state index < -0.39 is 0 Å². The van der Waals surface area contributed by atoms with Crippen LogP contribution in [0.4, 0.5) is 5.69 Å². The molecule has 1 N–H and O–H groups in total. The van der Waals surface area contributed by atoms with E-state index in [0.717, 1.165) is 26.1 Å². The Kier molecular flexibility index (Phi) is 5.72. The van der Waals surface area contributed by atoms with Gasteiger partial charge in [-0.05, 0) is 74.2 Å². The number of hydrogen-bond acceptors (Lipinski definition) is 5. The molecule has 31 heavy (non-hydrogen) atoms. The lowest BCUT2D eigenvalue weighted by Crippen LogP contribution is -2.40. The predicted molar refractivity (Wildman–Crippen MR) is 121 cm³/mol. The molecule has 6 nitrogen and oxygen atoms in total. The molecule has 1 atom stereocenters. The Morgan fingerprint density at radius 3 is 2.71 bits per heavy atom. The number of nitrogens with zero attached hydrogens (tertiary/aromatic N) is 2. The average molecular weight is 422 g/mol. The number of rotatable bonds is 5. The Labute approximate surface area is 184 Å². The van der Waals surface area contributed by atoms with E-state index in [1.54, 1.807) is 18.2 Å². The van der Waals surface area contributed by atoms with Gasteiger partial charge < -0.3 is 19.7 Å². The molecule has 0 saturated carbocycles. The van der Waals surface area contributed by atoms with E-state index in [2.05, 4.69) is 40.4 Å². The Bertz CT molecular complexity index is 955. The molecule has 164 valence electrons. The molecular weight excluding hydrogens is 390 g/mol. The summed E-state index contributed by atoms with van der Waals surface area (Å²) in [7, 11) is 2.17. The summed E-state index contributed by atoms with van der Waals surface area (Å²) < 4.78 is 10.8. The van der Waals surface area contributed by atoms with Crippen LogP contribution in [0.15, 0.2) is 36.4 Å². The zero-order valence-electron chi connectivity index (χ0n) is 18.2. The van der Waals surface area contributed by atoms with Crippen LogP contribution in [0.3, 0.4) is 0 Å². The molecule has 0 bridgehead atoms. The van der Waals surface area contributed by atoms with E-state index in [4.69, 9.17) is 9.47 Å². The summed E-state index contributed by atoms with van der Waals surface area (Å²) in [5.74, 6) is 1.26. The van der Waals surface area contributed by atoms with Gasteiger partial charge in [-0.15, -0.1) is 0 Å². The van der Waals surface area contributed by atoms with Crippen LogP contribution in [0.1, 0.15) is 53.2 Å². The molecule has 1 unspecified atom stereocenters. The molecule has 1 saturated heterocycles. The van der Waals surface area contributed by atoms with Crippen LogP contribution in [-0.2, 0) is 6.42 Å². The minimum atomic E-state index is -0.0713. The van der Waals surface area contributed by atoms with Gasteiger partial charge in [0.15, 0.2) is 11.5 Å². The molecule has 1 fully saturated rings. The number of nitrogens with one attached hydrogen (secondary N) is 1. The quantitative estimate of drug-likeness (QED) is 0.797. The third kappa shape index (κ3) is 4.22. The number of piperidine rings is 1. The molecule has 3 heterocycles. The number of hydrogen-bond donors (Lipinski definition) is 1. The Morgan fingerprint density at radius 2 is 1.84 bits per heavy atom. The molecule has 5 rings (SSSR count). The number of carbonyl (C=O) groups excluding carboxylic acids is 1. The van der Waals surface area contributed by atoms with Crippen molar-refractivity contribution in [2.75, 3.05) is 44.9 Å². The molecule has 1 amide bonds. The van der Waals surface area contributed by atoms with Gasteiger partial charge in [0.2, 0.25) is 6.79 Å². The van der Waals surface area contributed by atoms with E-state index in [1.807, 2.05) is 0 Å². The zero-order valence-corrected chi connectivity index (χ0v) is 18.2. The zero-order chi connectivity index (χ0) is 21.2. The molecule has 0 radical (unpaired) electrons. The molecule has 2 aromatic rings. The lowest BCUT2D eigenvalue weighted by atomic mass is 9.95. The first-order valence-corrected chi connectivity index (χ1v) is 11.4. The van der Waals surface area contributed by atoms with Gasteiger partial charge in [-0.3, -0.25) is 9.69 Å². The van der Waals surface area contributed by atoms with Crippen molar-refractivity contribution in [3.63, 3.8) is 0 Å². The predicted octanol–water partition coefficient (Wildman–Crippen LogP) is 3.75. The summed E-state index contributed by atoms with van der Waals surface area (Å²) in [5, 5.41) is 3.19. The molecule has 2 aromatic carbocycles. The van der Waals surface area contributed by atoms with E-state index in [9.17, 15) is 4.79 Å². The highest BCUT2D eigenvalue weighted by atomic mass is 16.7. The third-order valence-corrected chi connectivity index (χ3v) is 6.76. The second-order valence-electron chi connectivity index (χ2n) is 8.80. The van der Waals surface area contributed by atoms with Crippen molar-refractivity contribution < 1.29 is 14.3 Å². The van der Waals surface area contributed by atoms with Crippen molar-refractivity contribution in [2.24, 2.45) is 0 Å². The van der Waals surface area contributed by atoms with Crippen molar-refractivity contribution in [2.45, 2.75) is 38.1 Å². The smallest absolute Gasteiger partial charge is 0.251 e. The van der Waals surface area contributed by atoms with Crippen molar-refractivity contribution in [1.82, 2.24) is 10.2 Å². The highest BCUT2D eigenvalue weighted by Crippen LogP contribution is 2.33. The number of aryl methyl sites for hydroxylation is 1. The lowest BCUT2D eigenvalue weighted by molar-refractivity contribution is 0.0924. The van der Waals surface area contributed by atoms with Crippen LogP contribution >= 0.6 is 0 Å². The second kappa shape index (κ2) is 8.79. The second-order valence-corrected chi connectivity index (χ2v) is 8.80. The van der Waals surface area contributed by atoms with Crippen LogP contribution in [0.25, 0.3) is 0 Å². The van der Waals surface area contributed by atoms with Crippen LogP contribution in [0.2, 0.25) is 0 Å². The van der Waals surface area contributed by atoms with Gasteiger partial charge in [0.25, 0.3) is 5.91 Å². The maximum Gasteiger partial charge on any atom is 0.251 e. The fraction of sp³-hybridized carbons (Fsp3) is 0.480. The molecule has 6 heteroatoms. The standard InChI is InChI=1S/C25H31N3O3/c1-27-11-5-6-18-14-19(7-9-21(18)27)22(28-12-3-2-4-13-28)16-26-25(29)20-8-10-23-24(15-20)31-17-30-23/h7-10,14-15,22H,2-6,11-13,16-17H2,1H3,(H,26,29). The molecule has 3 aliphatic heterocycles. The number of ether oxygens (including phenoxy) is 2. The molecule has 3 aliphatic rings. The van der Waals surface area contributed by atoms with Gasteiger partial charge in [-0.2, -0.15) is 0 Å². The molecule has 0 aromatic heterocycles. The topological polar surface area (TPSA) is 54.0 Å². The van der Waals surface area contributed by atoms with E-state index >= 15 is 0 Å². The minimum absolute atomic E-state index is 0.0713. The van der Waals surface area contributed by atoms with Crippen molar-refractivity contribution in [3.8, 4) is 11.5 Å². The fourth-order valence-electron chi connectivity index (χ4n) is 5.03. The normalized spacial score (nSPS) is 19.1. The monoisotopic (exact) mass is 421 g/mol. The van der Waals surface area contributed by atoms with Gasteiger partial charge in [0.1, 0.15) is 0 Å². The summed E-state index contributed by atoms with van der Waals surface area (Å²) in [6.07, 6.45) is 6.06. The van der Waals surface area contributed by atoms with Crippen LogP contribution in [-0.4, -0.2) is 50.8 Å². The molecular formula is C25H31N3O3. The summed E-state index contributed by atoms with van der Waals surface area (Å²) in [6.45, 7) is 4.10. The lowest BCUT2D eigenvalue weighted by Gasteiger charge is -2.36. The minimum Gasteiger partial charge on any atom is -0.454 e. The first-order valence-electron chi connectivity index (χ1n) is 11.4. The van der Waals surface area contributed by atoms with E-state index in [1.165, 1.54) is 42.5 Å². The van der Waals surface area contributed by atoms with E-state index in [0.29, 0.717) is 23.6 Å². The number of carbonyl (C=O) groups is 1. The first-order chi connectivity index (χ1) is 15.2. The third-order valence-electron chi connectivity index (χ3n) is 6.76. The molecule has 0 spiro atoms. The van der Waals surface area contributed by atoms with E-state index in [-0.39, 0.29) is 18.7 Å². The van der Waals surface area contributed by atoms with Gasteiger partial charge in [0, 0.05) is 31.4 Å². The van der Waals surface area contributed by atoms with Gasteiger partial charge in [0.05, 0.1) is 6.04 Å². The highest BCUT2D eigenvalue weighted by molar-refractivity contribution is 5.95. The SMILES string of the molecule is CN1CCCc2cc(C(CNC(=O)c3ccc4c(c3)OCO4)N3CCCCC3)ccc21. The summed E-state index contributed by atoms with van der Waals surface area (Å²) in [5.41, 5.74) is 4.68.